The van der Waals surface area contributed by atoms with Crippen molar-refractivity contribution in [1.29, 1.82) is 0 Å². The van der Waals surface area contributed by atoms with Crippen molar-refractivity contribution in [1.82, 2.24) is 5.32 Å². The fourth-order valence-electron chi connectivity index (χ4n) is 10.1. The molecule has 0 aromatic heterocycles. The number of rotatable bonds is 58. The Morgan fingerprint density at radius 1 is 0.463 bits per heavy atom. The number of amides is 1. The van der Waals surface area contributed by atoms with Gasteiger partial charge in [0.15, 0.2) is 6.29 Å². The van der Waals surface area contributed by atoms with E-state index in [1.165, 1.54) is 161 Å². The van der Waals surface area contributed by atoms with Crippen LogP contribution in [0, 0.1) is 0 Å². The van der Waals surface area contributed by atoms with Crippen LogP contribution < -0.4 is 5.32 Å². The minimum atomic E-state index is -1.58. The maximum absolute atomic E-state index is 13.0. The van der Waals surface area contributed by atoms with Gasteiger partial charge in [-0.15, -0.1) is 0 Å². The molecule has 0 spiro atoms. The molecule has 1 heterocycles. The molecule has 1 saturated heterocycles. The predicted octanol–water partition coefficient (Wildman–Crippen LogP) is 16.9. The molecule has 1 amide bonds. The molecule has 1 fully saturated rings. The lowest BCUT2D eigenvalue weighted by Gasteiger charge is -2.40. The molecule has 0 aliphatic carbocycles. The van der Waals surface area contributed by atoms with Gasteiger partial charge in [-0.05, 0) is 116 Å². The first-order valence-electron chi connectivity index (χ1n) is 33.9. The summed E-state index contributed by atoms with van der Waals surface area (Å²) >= 11 is 0. The van der Waals surface area contributed by atoms with Gasteiger partial charge >= 0.3 is 5.97 Å². The lowest BCUT2D eigenvalue weighted by molar-refractivity contribution is -0.302. The van der Waals surface area contributed by atoms with Gasteiger partial charge in [0.25, 0.3) is 0 Å². The van der Waals surface area contributed by atoms with Gasteiger partial charge in [0.1, 0.15) is 24.4 Å². The number of esters is 1. The molecule has 1 rings (SSSR count). The quantitative estimate of drug-likeness (QED) is 0.0195. The topological polar surface area (TPSA) is 175 Å². The lowest BCUT2D eigenvalue weighted by atomic mass is 9.99. The molecule has 0 radical (unpaired) electrons. The summed E-state index contributed by atoms with van der Waals surface area (Å²) < 4.78 is 16.7. The summed E-state index contributed by atoms with van der Waals surface area (Å²) in [5.41, 5.74) is 0. The number of carbonyl (C=O) groups is 2. The second-order valence-electron chi connectivity index (χ2n) is 23.1. The lowest BCUT2D eigenvalue weighted by Crippen LogP contribution is -2.60. The van der Waals surface area contributed by atoms with Gasteiger partial charge in [0.05, 0.1) is 32.0 Å². The van der Waals surface area contributed by atoms with Crippen LogP contribution in [0.4, 0.5) is 0 Å². The van der Waals surface area contributed by atoms with Crippen molar-refractivity contribution in [2.45, 2.75) is 333 Å². The molecule has 7 atom stereocenters. The minimum Gasteiger partial charge on any atom is -0.466 e. The van der Waals surface area contributed by atoms with E-state index in [1.54, 1.807) is 6.08 Å². The van der Waals surface area contributed by atoms with Crippen molar-refractivity contribution in [3.63, 3.8) is 0 Å². The number of allylic oxidation sites excluding steroid dienone is 13. The molecule has 82 heavy (non-hydrogen) atoms. The first kappa shape index (κ1) is 76.9. The van der Waals surface area contributed by atoms with Gasteiger partial charge < -0.3 is 45.1 Å². The average Bonchev–Trinajstić information content (AvgIpc) is 3.50. The third-order valence-electron chi connectivity index (χ3n) is 15.4. The van der Waals surface area contributed by atoms with Crippen molar-refractivity contribution in [2.24, 2.45) is 0 Å². The summed E-state index contributed by atoms with van der Waals surface area (Å²) in [4.78, 5) is 25.1. The average molecular weight is 1150 g/mol. The summed E-state index contributed by atoms with van der Waals surface area (Å²) in [5, 5.41) is 54.2. The van der Waals surface area contributed by atoms with E-state index < -0.39 is 49.5 Å². The van der Waals surface area contributed by atoms with Crippen molar-refractivity contribution >= 4 is 11.9 Å². The Labute approximate surface area is 502 Å². The number of ether oxygens (including phenoxy) is 3. The number of hydrogen-bond acceptors (Lipinski definition) is 10. The first-order chi connectivity index (χ1) is 40.2. The smallest absolute Gasteiger partial charge is 0.305 e. The zero-order valence-electron chi connectivity index (χ0n) is 52.4. The molecule has 0 saturated carbocycles. The van der Waals surface area contributed by atoms with Gasteiger partial charge in [-0.2, -0.15) is 0 Å². The molecule has 11 nitrogen and oxygen atoms in total. The molecule has 1 aliphatic rings. The number of unbranched alkanes of at least 4 members (excludes halogenated alkanes) is 32. The van der Waals surface area contributed by atoms with Crippen LogP contribution in [0.1, 0.15) is 290 Å². The van der Waals surface area contributed by atoms with Crippen LogP contribution in [0.25, 0.3) is 0 Å². The Balaban J connectivity index is 1.97. The van der Waals surface area contributed by atoms with Gasteiger partial charge in [-0.25, -0.2) is 0 Å². The van der Waals surface area contributed by atoms with Crippen LogP contribution in [-0.2, 0) is 23.8 Å². The van der Waals surface area contributed by atoms with Crippen LogP contribution in [0.15, 0.2) is 85.1 Å². The standard InChI is InChI=1S/C71H125NO10/c1-3-5-7-9-11-13-15-16-17-18-26-30-33-36-39-43-47-51-55-59-67(76)80-60-56-52-48-44-40-37-34-31-28-25-23-21-19-20-22-24-27-29-32-35-38-42-46-50-54-58-66(75)72-63(62-81-71-70(79)69(78)68(77)65(61-73)82-71)64(74)57-53-49-45-41-14-12-10-8-6-4-2/h6,8,11,13-14,16-17,20-23,41,53,57,63-65,68-71,73-74,77-79H,3-5,7,9-10,12,15,18-19,24-40,42-52,54-56,58-62H2,1-2H3,(H,72,75)/b8-6+,13-11-,17-16-,22-20-,23-21-,41-14+,57-53+. The normalized spacial score (nSPS) is 18.7. The predicted molar refractivity (Wildman–Crippen MR) is 342 cm³/mol. The van der Waals surface area contributed by atoms with E-state index >= 15 is 0 Å². The van der Waals surface area contributed by atoms with Crippen LogP contribution in [0.5, 0.6) is 0 Å². The Morgan fingerprint density at radius 3 is 1.33 bits per heavy atom. The highest BCUT2D eigenvalue weighted by Crippen LogP contribution is 2.23. The van der Waals surface area contributed by atoms with Gasteiger partial charge in [-0.3, -0.25) is 9.59 Å². The number of aliphatic hydroxyl groups excluding tert-OH is 5. The van der Waals surface area contributed by atoms with E-state index in [4.69, 9.17) is 14.2 Å². The Kier molecular flexibility index (Phi) is 55.8. The molecular formula is C71H125NO10. The molecular weight excluding hydrogens is 1030 g/mol. The molecule has 6 N–H and O–H groups in total. The number of nitrogens with one attached hydrogen (secondary N) is 1. The fourth-order valence-corrected chi connectivity index (χ4v) is 10.1. The van der Waals surface area contributed by atoms with Crippen LogP contribution >= 0.6 is 0 Å². The second-order valence-corrected chi connectivity index (χ2v) is 23.1. The fraction of sp³-hybridized carbons (Fsp3) is 0.775. The number of aliphatic hydroxyl groups is 5. The molecule has 0 aromatic rings. The zero-order valence-corrected chi connectivity index (χ0v) is 52.4. The van der Waals surface area contributed by atoms with Gasteiger partial charge in [0, 0.05) is 12.8 Å². The third kappa shape index (κ3) is 48.1. The highest BCUT2D eigenvalue weighted by molar-refractivity contribution is 5.76. The maximum atomic E-state index is 13.0. The SMILES string of the molecule is CC/C=C/CC/C=C/CC/C=C/C(O)C(COC1OC(CO)C(O)C(O)C1O)NC(=O)CCCCCCCCCCC/C=C\C/C=C\CCCCCCCCCCCOC(=O)CCCCCCCCCCC/C=C\C/C=C\CCCCC. The molecule has 474 valence electrons. The monoisotopic (exact) mass is 1150 g/mol. The van der Waals surface area contributed by atoms with Crippen LogP contribution in [0.2, 0.25) is 0 Å². The van der Waals surface area contributed by atoms with E-state index in [0.717, 1.165) is 103 Å². The summed E-state index contributed by atoms with van der Waals surface area (Å²) in [5.74, 6) is -0.213. The van der Waals surface area contributed by atoms with E-state index in [-0.39, 0.29) is 18.5 Å². The summed E-state index contributed by atoms with van der Waals surface area (Å²) in [6.07, 6.45) is 71.5. The maximum Gasteiger partial charge on any atom is 0.305 e. The summed E-state index contributed by atoms with van der Waals surface area (Å²) in [6, 6.07) is -0.840. The summed E-state index contributed by atoms with van der Waals surface area (Å²) in [6.45, 7) is 4.17. The molecule has 0 aromatic carbocycles. The van der Waals surface area contributed by atoms with Crippen LogP contribution in [0.3, 0.4) is 0 Å². The largest absolute Gasteiger partial charge is 0.466 e. The van der Waals surface area contributed by atoms with Crippen molar-refractivity contribution < 1.29 is 49.3 Å². The van der Waals surface area contributed by atoms with E-state index in [2.05, 4.69) is 92.1 Å². The minimum absolute atomic E-state index is 0.00690. The summed E-state index contributed by atoms with van der Waals surface area (Å²) in [7, 11) is 0. The van der Waals surface area contributed by atoms with Crippen molar-refractivity contribution in [3.05, 3.63) is 85.1 Å². The van der Waals surface area contributed by atoms with Crippen LogP contribution in [-0.4, -0.2) is 100 Å². The Hall–Kier alpha value is -3.16. The Morgan fingerprint density at radius 2 is 0.866 bits per heavy atom. The number of hydrogen-bond donors (Lipinski definition) is 6. The van der Waals surface area contributed by atoms with Gasteiger partial charge in [-0.1, -0.05) is 247 Å². The highest BCUT2D eigenvalue weighted by Gasteiger charge is 2.44. The first-order valence-corrected chi connectivity index (χ1v) is 33.9. The molecule has 11 heteroatoms. The van der Waals surface area contributed by atoms with Crippen molar-refractivity contribution in [2.75, 3.05) is 19.8 Å². The third-order valence-corrected chi connectivity index (χ3v) is 15.4. The van der Waals surface area contributed by atoms with Gasteiger partial charge in [0.2, 0.25) is 5.91 Å². The Bertz CT molecular complexity index is 1640. The molecule has 7 unspecified atom stereocenters. The molecule has 0 bridgehead atoms. The highest BCUT2D eigenvalue weighted by atomic mass is 16.7. The number of carbonyl (C=O) groups excluding carboxylic acids is 2. The van der Waals surface area contributed by atoms with E-state index in [0.29, 0.717) is 19.4 Å². The zero-order chi connectivity index (χ0) is 59.5. The van der Waals surface area contributed by atoms with Crippen molar-refractivity contribution in [3.8, 4) is 0 Å². The second kappa shape index (κ2) is 59.6. The molecule has 1 aliphatic heterocycles. The van der Waals surface area contributed by atoms with E-state index in [1.807, 2.05) is 6.08 Å². The van der Waals surface area contributed by atoms with E-state index in [9.17, 15) is 35.1 Å².